The summed E-state index contributed by atoms with van der Waals surface area (Å²) >= 11 is 1.30. The molecule has 0 aliphatic rings. The second kappa shape index (κ2) is 8.36. The third-order valence-electron chi connectivity index (χ3n) is 3.74. The molecule has 4 N–H and O–H groups in total. The number of nitrogens with one attached hydrogen (secondary N) is 2. The van der Waals surface area contributed by atoms with Gasteiger partial charge in [0.2, 0.25) is 0 Å². The van der Waals surface area contributed by atoms with Crippen LogP contribution in [0.2, 0.25) is 0 Å². The molecule has 0 saturated carbocycles. The lowest BCUT2D eigenvalue weighted by molar-refractivity contribution is -0.410. The molecule has 0 aliphatic heterocycles. The summed E-state index contributed by atoms with van der Waals surface area (Å²) in [5.41, 5.74) is 8.87. The first-order valence-corrected chi connectivity index (χ1v) is 8.92. The maximum absolute atomic E-state index is 12.2. The van der Waals surface area contributed by atoms with Crippen LogP contribution in [0.4, 0.5) is 11.5 Å². The van der Waals surface area contributed by atoms with E-state index in [1.807, 2.05) is 32.0 Å². The fourth-order valence-electron chi connectivity index (χ4n) is 2.18. The summed E-state index contributed by atoms with van der Waals surface area (Å²) in [6.07, 6.45) is 1.78. The lowest BCUT2D eigenvalue weighted by atomic mass is 10.1. The van der Waals surface area contributed by atoms with E-state index in [1.54, 1.807) is 12.3 Å². The molecule has 1 aromatic heterocycles. The molecule has 0 saturated heterocycles. The number of amides is 1. The highest BCUT2D eigenvalue weighted by Crippen LogP contribution is 2.19. The van der Waals surface area contributed by atoms with Crippen molar-refractivity contribution in [3.63, 3.8) is 0 Å². The topological polar surface area (TPSA) is 119 Å². The Morgan fingerprint density at radius 1 is 1.31 bits per heavy atom. The number of carbonyl (C=O) groups excluding carboxylic acids is 2. The predicted octanol–water partition coefficient (Wildman–Crippen LogP) is 2.09. The molecule has 8 heteroatoms. The predicted molar refractivity (Wildman–Crippen MR) is 98.7 cm³/mol. The molecule has 0 atom stereocenters. The number of aromatic nitrogens is 1. The molecule has 134 valence electrons. The minimum Gasteiger partial charge on any atom is -0.452 e. The van der Waals surface area contributed by atoms with Gasteiger partial charge >= 0.3 is 5.97 Å². The first-order valence-electron chi connectivity index (χ1n) is 7.69. The number of pyridine rings is 1. The average Bonchev–Trinajstić information content (AvgIpc) is 2.62. The van der Waals surface area contributed by atoms with Crippen molar-refractivity contribution in [2.24, 2.45) is 0 Å². The van der Waals surface area contributed by atoms with E-state index in [4.69, 9.17) is 15.7 Å². The molecule has 0 aliphatic carbocycles. The van der Waals surface area contributed by atoms with E-state index in [1.165, 1.54) is 17.8 Å². The number of nitriles is 1. The molecule has 0 spiro atoms. The van der Waals surface area contributed by atoms with Crippen LogP contribution in [0, 0.1) is 25.2 Å². The van der Waals surface area contributed by atoms with E-state index < -0.39 is 18.5 Å². The Bertz CT molecular complexity index is 906. The first-order chi connectivity index (χ1) is 12.3. The molecule has 1 heterocycles. The highest BCUT2D eigenvalue weighted by Gasteiger charge is 2.21. The Morgan fingerprint density at radius 3 is 2.65 bits per heavy atom. The minimum absolute atomic E-state index is 0.0123. The molecule has 0 unspecified atom stereocenters. The number of nitrogens with two attached hydrogens (primary N) is 1. The van der Waals surface area contributed by atoms with Crippen LogP contribution in [0.3, 0.4) is 0 Å². The van der Waals surface area contributed by atoms with Gasteiger partial charge in [-0.05, 0) is 49.4 Å². The number of nitrogens with zero attached hydrogens (tertiary/aromatic N) is 1. The summed E-state index contributed by atoms with van der Waals surface area (Å²) in [6.45, 7) is 3.45. The third-order valence-corrected chi connectivity index (χ3v) is 4.47. The number of carbonyl (C=O) groups is 2. The van der Waals surface area contributed by atoms with Gasteiger partial charge in [0.15, 0.2) is 11.6 Å². The quantitative estimate of drug-likeness (QED) is 0.613. The van der Waals surface area contributed by atoms with Crippen molar-refractivity contribution in [2.75, 3.05) is 23.9 Å². The number of nitrogen functional groups attached to an aromatic ring is 1. The van der Waals surface area contributed by atoms with Gasteiger partial charge in [0.05, 0.1) is 0 Å². The van der Waals surface area contributed by atoms with Crippen LogP contribution in [-0.4, -0.2) is 24.7 Å². The highest BCUT2D eigenvalue weighted by molar-refractivity contribution is 7.98. The number of thioether (sulfide) groups is 1. The van der Waals surface area contributed by atoms with E-state index in [2.05, 4.69) is 10.3 Å². The molecule has 2 rings (SSSR count). The maximum atomic E-state index is 12.2. The fourth-order valence-corrected chi connectivity index (χ4v) is 2.72. The van der Waals surface area contributed by atoms with Crippen molar-refractivity contribution in [2.45, 2.75) is 18.9 Å². The van der Waals surface area contributed by atoms with E-state index in [0.29, 0.717) is 10.7 Å². The van der Waals surface area contributed by atoms with Crippen LogP contribution in [-0.2, 0) is 9.53 Å². The van der Waals surface area contributed by atoms with Gasteiger partial charge in [0, 0.05) is 5.69 Å². The maximum Gasteiger partial charge on any atom is 0.347 e. The summed E-state index contributed by atoms with van der Waals surface area (Å²) in [4.78, 5) is 26.9. The van der Waals surface area contributed by atoms with Crippen LogP contribution in [0.5, 0.6) is 0 Å². The molecule has 26 heavy (non-hydrogen) atoms. The van der Waals surface area contributed by atoms with Crippen LogP contribution >= 0.6 is 11.8 Å². The Balaban J connectivity index is 2.03. The number of hydrogen-bond acceptors (Lipinski definition) is 6. The SMILES string of the molecule is CSc1[nH+]c(N)c(C(=O)OCC(=O)Nc2ccc(C)c(C)c2)cc1C#N. The highest BCUT2D eigenvalue weighted by atomic mass is 32.2. The smallest absolute Gasteiger partial charge is 0.347 e. The van der Waals surface area contributed by atoms with Gasteiger partial charge in [-0.1, -0.05) is 17.8 Å². The molecule has 0 fully saturated rings. The van der Waals surface area contributed by atoms with Crippen molar-refractivity contribution >= 4 is 35.1 Å². The molecule has 0 bridgehead atoms. The van der Waals surface area contributed by atoms with Crippen molar-refractivity contribution in [3.8, 4) is 6.07 Å². The molecule has 1 aromatic carbocycles. The van der Waals surface area contributed by atoms with E-state index in [9.17, 15) is 9.59 Å². The Hall–Kier alpha value is -3.05. The molecular formula is C18H19N4O3S+. The number of aryl methyl sites for hydroxylation is 2. The summed E-state index contributed by atoms with van der Waals surface area (Å²) < 4.78 is 5.00. The zero-order valence-electron chi connectivity index (χ0n) is 14.7. The molecule has 0 radical (unpaired) electrons. The Morgan fingerprint density at radius 2 is 2.04 bits per heavy atom. The Kier molecular flexibility index (Phi) is 6.20. The van der Waals surface area contributed by atoms with E-state index in [-0.39, 0.29) is 16.9 Å². The lowest BCUT2D eigenvalue weighted by Gasteiger charge is -2.09. The first kappa shape index (κ1) is 19.3. The third kappa shape index (κ3) is 4.52. The zero-order chi connectivity index (χ0) is 19.3. The molecule has 7 nitrogen and oxygen atoms in total. The van der Waals surface area contributed by atoms with Crippen molar-refractivity contribution < 1.29 is 19.3 Å². The van der Waals surface area contributed by atoms with Crippen molar-refractivity contribution in [1.82, 2.24) is 0 Å². The Labute approximate surface area is 155 Å². The summed E-state index contributed by atoms with van der Waals surface area (Å²) in [5.74, 6) is -1.17. The van der Waals surface area contributed by atoms with Crippen LogP contribution < -0.4 is 16.0 Å². The van der Waals surface area contributed by atoms with E-state index >= 15 is 0 Å². The number of benzene rings is 1. The summed E-state index contributed by atoms with van der Waals surface area (Å²) in [7, 11) is 0. The summed E-state index contributed by atoms with van der Waals surface area (Å²) in [5, 5.41) is 12.3. The van der Waals surface area contributed by atoms with E-state index in [0.717, 1.165) is 11.1 Å². The van der Waals surface area contributed by atoms with Gasteiger partial charge < -0.3 is 10.1 Å². The lowest BCUT2D eigenvalue weighted by Crippen LogP contribution is -2.24. The number of ether oxygens (including phenoxy) is 1. The van der Waals surface area contributed by atoms with Crippen LogP contribution in [0.25, 0.3) is 0 Å². The van der Waals surface area contributed by atoms with Gasteiger partial charge in [-0.25, -0.2) is 9.78 Å². The number of esters is 1. The normalized spacial score (nSPS) is 10.1. The number of rotatable bonds is 5. The molecule has 1 amide bonds. The van der Waals surface area contributed by atoms with Gasteiger partial charge in [0.1, 0.15) is 17.2 Å². The minimum atomic E-state index is -0.780. The number of aromatic amines is 1. The van der Waals surface area contributed by atoms with Gasteiger partial charge in [-0.15, -0.1) is 0 Å². The van der Waals surface area contributed by atoms with Gasteiger partial charge in [-0.3, -0.25) is 10.5 Å². The largest absolute Gasteiger partial charge is 0.452 e. The van der Waals surface area contributed by atoms with Crippen LogP contribution in [0.1, 0.15) is 27.0 Å². The van der Waals surface area contributed by atoms with Crippen LogP contribution in [0.15, 0.2) is 29.3 Å². The standard InChI is InChI=1S/C18H18N4O3S/c1-10-4-5-13(6-11(10)2)21-15(23)9-25-18(24)14-7-12(8-19)17(26-3)22-16(14)20/h4-7H,9H2,1-3H3,(H2,20,22)(H,21,23)/p+1. The second-order valence-corrected chi connectivity index (χ2v) is 6.40. The molecule has 2 aromatic rings. The number of hydrogen-bond donors (Lipinski definition) is 2. The number of anilines is 2. The summed E-state index contributed by atoms with van der Waals surface area (Å²) in [6, 6.07) is 8.83. The average molecular weight is 371 g/mol. The second-order valence-electron chi connectivity index (χ2n) is 5.58. The van der Waals surface area contributed by atoms with Crippen molar-refractivity contribution in [3.05, 3.63) is 46.5 Å². The fraction of sp³-hybridized carbons (Fsp3) is 0.222. The monoisotopic (exact) mass is 371 g/mol. The van der Waals surface area contributed by atoms with Crippen molar-refractivity contribution in [1.29, 1.82) is 5.26 Å². The van der Waals surface area contributed by atoms with Gasteiger partial charge in [0.25, 0.3) is 11.7 Å². The van der Waals surface area contributed by atoms with Gasteiger partial charge in [-0.2, -0.15) is 5.26 Å². The molecular weight excluding hydrogens is 352 g/mol. The zero-order valence-corrected chi connectivity index (χ0v) is 15.5. The number of H-pyrrole nitrogens is 1.